The number of benzene rings is 1. The zero-order valence-corrected chi connectivity index (χ0v) is 17.1. The number of hydrogen-bond donors (Lipinski definition) is 4. The number of carboxylic acids is 1. The van der Waals surface area contributed by atoms with Crippen LogP contribution in [0.5, 0.6) is 5.75 Å². The van der Waals surface area contributed by atoms with Crippen LogP contribution in [0.4, 0.5) is 0 Å². The number of hydrogen-bond acceptors (Lipinski definition) is 6. The first-order valence-electron chi connectivity index (χ1n) is 10.7. The highest BCUT2D eigenvalue weighted by atomic mass is 16.7. The summed E-state index contributed by atoms with van der Waals surface area (Å²) in [6.45, 7) is 0.387. The Morgan fingerprint density at radius 1 is 1.17 bits per heavy atom. The topological polar surface area (TPSA) is 116 Å². The summed E-state index contributed by atoms with van der Waals surface area (Å²) >= 11 is 0. The van der Waals surface area contributed by atoms with E-state index in [4.69, 9.17) is 14.6 Å². The molecular formula is C23H32O7. The number of carboxylic acid groups (broad SMARTS) is 1. The van der Waals surface area contributed by atoms with E-state index in [1.165, 1.54) is 0 Å². The SMILES string of the molecule is O=C(O)CCCC=CC[C@@H]1[C@@H](CC[C@@H](O)[C@H]2OCc3ccccc3O2)[C@H](O)C[C@@H]1O. The standard InChI is InChI=1S/C23H32O7/c24-18(23-29-14-15-7-5-6-9-21(15)30-23)12-11-17-16(19(25)13-20(17)26)8-3-1-2-4-10-22(27)28/h1,3,5-7,9,16-20,23-26H,2,4,8,10-14H2,(H,27,28)/t16-,17-,18-,19+,20-,23+/m1/s1. The summed E-state index contributed by atoms with van der Waals surface area (Å²) < 4.78 is 11.4. The van der Waals surface area contributed by atoms with Crippen LogP contribution >= 0.6 is 0 Å². The van der Waals surface area contributed by atoms with Crippen LogP contribution in [0.2, 0.25) is 0 Å². The van der Waals surface area contributed by atoms with Crippen LogP contribution in [0, 0.1) is 11.8 Å². The fourth-order valence-corrected chi connectivity index (χ4v) is 4.41. The Labute approximate surface area is 176 Å². The maximum Gasteiger partial charge on any atom is 0.303 e. The van der Waals surface area contributed by atoms with Crippen LogP contribution in [-0.4, -0.2) is 51.0 Å². The Kier molecular flexibility index (Phi) is 8.27. The number of fused-ring (bicyclic) bond motifs is 1. The number of unbranched alkanes of at least 4 members (excludes halogenated alkanes) is 1. The molecule has 2 aliphatic rings. The van der Waals surface area contributed by atoms with Gasteiger partial charge in [-0.2, -0.15) is 0 Å². The van der Waals surface area contributed by atoms with Gasteiger partial charge in [0.15, 0.2) is 0 Å². The maximum absolute atomic E-state index is 10.6. The van der Waals surface area contributed by atoms with E-state index in [-0.39, 0.29) is 18.3 Å². The number of aliphatic hydroxyl groups excluding tert-OH is 3. The summed E-state index contributed by atoms with van der Waals surface area (Å²) in [6, 6.07) is 7.57. The van der Waals surface area contributed by atoms with E-state index in [9.17, 15) is 20.1 Å². The summed E-state index contributed by atoms with van der Waals surface area (Å²) in [5.41, 5.74) is 0.950. The molecule has 0 unspecified atom stereocenters. The molecule has 1 aromatic rings. The summed E-state index contributed by atoms with van der Waals surface area (Å²) in [6.07, 6.45) is 4.47. The fraction of sp³-hybridized carbons (Fsp3) is 0.609. The Morgan fingerprint density at radius 2 is 1.93 bits per heavy atom. The van der Waals surface area contributed by atoms with Crippen LogP contribution in [0.1, 0.15) is 50.5 Å². The zero-order chi connectivity index (χ0) is 21.5. The molecular weight excluding hydrogens is 388 g/mol. The molecule has 0 spiro atoms. The molecule has 1 aromatic carbocycles. The fourth-order valence-electron chi connectivity index (χ4n) is 4.41. The molecule has 0 radical (unpaired) electrons. The molecule has 3 rings (SSSR count). The van der Waals surface area contributed by atoms with Crippen molar-refractivity contribution in [2.24, 2.45) is 11.8 Å². The minimum absolute atomic E-state index is 0.0863. The lowest BCUT2D eigenvalue weighted by atomic mass is 9.86. The van der Waals surface area contributed by atoms with Crippen molar-refractivity contribution in [2.75, 3.05) is 0 Å². The van der Waals surface area contributed by atoms with E-state index in [1.54, 1.807) is 0 Å². The molecule has 1 aliphatic carbocycles. The van der Waals surface area contributed by atoms with Gasteiger partial charge in [-0.1, -0.05) is 30.4 Å². The Morgan fingerprint density at radius 3 is 2.73 bits per heavy atom. The number of allylic oxidation sites excluding steroid dienone is 2. The molecule has 1 saturated carbocycles. The second-order valence-corrected chi connectivity index (χ2v) is 8.24. The Bertz CT molecular complexity index is 719. The second-order valence-electron chi connectivity index (χ2n) is 8.24. The van der Waals surface area contributed by atoms with E-state index in [0.717, 1.165) is 11.3 Å². The molecule has 7 heteroatoms. The summed E-state index contributed by atoms with van der Waals surface area (Å²) in [7, 11) is 0. The Hall–Kier alpha value is -1.93. The number of aliphatic hydroxyl groups is 3. The summed E-state index contributed by atoms with van der Waals surface area (Å²) in [5.74, 6) is -0.285. The molecule has 30 heavy (non-hydrogen) atoms. The van der Waals surface area contributed by atoms with Gasteiger partial charge < -0.3 is 29.9 Å². The molecule has 1 fully saturated rings. The number of aliphatic carboxylic acids is 1. The first kappa shape index (κ1) is 22.7. The third-order valence-electron chi connectivity index (χ3n) is 6.09. The minimum Gasteiger partial charge on any atom is -0.481 e. The van der Waals surface area contributed by atoms with Gasteiger partial charge in [0, 0.05) is 12.0 Å². The van der Waals surface area contributed by atoms with E-state index < -0.39 is 30.6 Å². The average Bonchev–Trinajstić information content (AvgIpc) is 3.00. The molecule has 7 nitrogen and oxygen atoms in total. The van der Waals surface area contributed by atoms with Crippen molar-refractivity contribution in [3.8, 4) is 5.75 Å². The summed E-state index contributed by atoms with van der Waals surface area (Å²) in [4.78, 5) is 10.5. The van der Waals surface area contributed by atoms with Gasteiger partial charge in [-0.05, 0) is 56.4 Å². The van der Waals surface area contributed by atoms with E-state index in [1.807, 2.05) is 36.4 Å². The highest BCUT2D eigenvalue weighted by Crippen LogP contribution is 2.39. The molecule has 0 saturated heterocycles. The van der Waals surface area contributed by atoms with Crippen molar-refractivity contribution in [3.05, 3.63) is 42.0 Å². The van der Waals surface area contributed by atoms with Crippen LogP contribution in [0.15, 0.2) is 36.4 Å². The summed E-state index contributed by atoms with van der Waals surface area (Å²) in [5, 5.41) is 40.0. The molecule has 0 bridgehead atoms. The molecule has 4 N–H and O–H groups in total. The van der Waals surface area contributed by atoms with Crippen molar-refractivity contribution in [3.63, 3.8) is 0 Å². The number of rotatable bonds is 10. The van der Waals surface area contributed by atoms with Gasteiger partial charge in [-0.3, -0.25) is 4.79 Å². The van der Waals surface area contributed by atoms with Crippen molar-refractivity contribution in [2.45, 2.75) is 76.2 Å². The predicted octanol–water partition coefficient (Wildman–Crippen LogP) is 2.62. The lowest BCUT2D eigenvalue weighted by Gasteiger charge is -2.31. The highest BCUT2D eigenvalue weighted by molar-refractivity contribution is 5.66. The van der Waals surface area contributed by atoms with Crippen molar-refractivity contribution < 1.29 is 34.7 Å². The van der Waals surface area contributed by atoms with Crippen LogP contribution in [0.3, 0.4) is 0 Å². The van der Waals surface area contributed by atoms with Gasteiger partial charge in [0.1, 0.15) is 11.9 Å². The first-order valence-corrected chi connectivity index (χ1v) is 10.7. The zero-order valence-electron chi connectivity index (χ0n) is 17.1. The highest BCUT2D eigenvalue weighted by Gasteiger charge is 2.41. The van der Waals surface area contributed by atoms with Gasteiger partial charge in [0.05, 0.1) is 18.8 Å². The third-order valence-corrected chi connectivity index (χ3v) is 6.09. The molecule has 6 atom stereocenters. The molecule has 0 amide bonds. The molecule has 0 aromatic heterocycles. The van der Waals surface area contributed by atoms with Crippen molar-refractivity contribution in [1.82, 2.24) is 0 Å². The number of ether oxygens (including phenoxy) is 2. The van der Waals surface area contributed by atoms with Gasteiger partial charge >= 0.3 is 5.97 Å². The Balaban J connectivity index is 1.47. The first-order chi connectivity index (χ1) is 14.5. The van der Waals surface area contributed by atoms with E-state index in [0.29, 0.717) is 45.1 Å². The van der Waals surface area contributed by atoms with Gasteiger partial charge in [0.2, 0.25) is 6.29 Å². The molecule has 166 valence electrons. The lowest BCUT2D eigenvalue weighted by molar-refractivity contribution is -0.168. The largest absolute Gasteiger partial charge is 0.481 e. The number of para-hydroxylation sites is 1. The smallest absolute Gasteiger partial charge is 0.303 e. The number of carbonyl (C=O) groups is 1. The van der Waals surface area contributed by atoms with Crippen LogP contribution < -0.4 is 4.74 Å². The second kappa shape index (κ2) is 10.9. The van der Waals surface area contributed by atoms with Gasteiger partial charge in [-0.15, -0.1) is 0 Å². The quantitative estimate of drug-likeness (QED) is 0.340. The predicted molar refractivity (Wildman–Crippen MR) is 110 cm³/mol. The van der Waals surface area contributed by atoms with E-state index in [2.05, 4.69) is 0 Å². The van der Waals surface area contributed by atoms with Crippen molar-refractivity contribution in [1.29, 1.82) is 0 Å². The molecule has 1 aliphatic heterocycles. The average molecular weight is 421 g/mol. The minimum atomic E-state index is -0.824. The third kappa shape index (κ3) is 6.04. The van der Waals surface area contributed by atoms with E-state index >= 15 is 0 Å². The maximum atomic E-state index is 10.6. The van der Waals surface area contributed by atoms with Gasteiger partial charge in [-0.25, -0.2) is 0 Å². The monoisotopic (exact) mass is 420 g/mol. The van der Waals surface area contributed by atoms with Crippen LogP contribution in [-0.2, 0) is 16.1 Å². The normalized spacial score (nSPS) is 29.5. The van der Waals surface area contributed by atoms with Gasteiger partial charge in [0.25, 0.3) is 0 Å². The van der Waals surface area contributed by atoms with Crippen molar-refractivity contribution >= 4 is 5.97 Å². The van der Waals surface area contributed by atoms with Crippen LogP contribution in [0.25, 0.3) is 0 Å². The molecule has 1 heterocycles. The lowest BCUT2D eigenvalue weighted by Crippen LogP contribution is -2.37.